The summed E-state index contributed by atoms with van der Waals surface area (Å²) in [6, 6.07) is 4.60. The van der Waals surface area contributed by atoms with Crippen LogP contribution in [0, 0.1) is 0 Å². The normalized spacial score (nSPS) is 14.5. The first-order valence-electron chi connectivity index (χ1n) is 10.4. The first-order chi connectivity index (χ1) is 15.2. The van der Waals surface area contributed by atoms with Gasteiger partial charge < -0.3 is 37.6 Å². The number of nitrogens with two attached hydrogens (primary N) is 2. The van der Waals surface area contributed by atoms with Gasteiger partial charge in [-0.05, 0) is 44.7 Å². The summed E-state index contributed by atoms with van der Waals surface area (Å²) in [5, 5.41) is 25.8. The summed E-state index contributed by atoms with van der Waals surface area (Å²) in [7, 11) is 0. The molecule has 0 radical (unpaired) electrons. The highest BCUT2D eigenvalue weighted by Gasteiger charge is 2.27. The number of carbonyl (C=O) groups excluding carboxylic acids is 3. The number of hydrogen-bond donors (Lipinski definition) is 7. The van der Waals surface area contributed by atoms with E-state index in [1.165, 1.54) is 6.92 Å². The first kappa shape index (κ1) is 27.0. The van der Waals surface area contributed by atoms with E-state index in [4.69, 9.17) is 11.5 Å². The van der Waals surface area contributed by atoms with E-state index in [0.29, 0.717) is 19.4 Å². The van der Waals surface area contributed by atoms with E-state index >= 15 is 0 Å². The van der Waals surface area contributed by atoms with Crippen molar-refractivity contribution in [3.63, 3.8) is 0 Å². The molecule has 32 heavy (non-hydrogen) atoms. The molecule has 0 saturated carbocycles. The van der Waals surface area contributed by atoms with E-state index < -0.39 is 54.5 Å². The Morgan fingerprint density at radius 1 is 0.938 bits per heavy atom. The van der Waals surface area contributed by atoms with E-state index in [1.54, 1.807) is 0 Å². The van der Waals surface area contributed by atoms with Crippen LogP contribution in [0.2, 0.25) is 0 Å². The quantitative estimate of drug-likeness (QED) is 0.161. The lowest BCUT2D eigenvalue weighted by Crippen LogP contribution is -2.57. The molecule has 0 aliphatic rings. The van der Waals surface area contributed by atoms with E-state index in [-0.39, 0.29) is 12.8 Å². The summed E-state index contributed by atoms with van der Waals surface area (Å²) in [6.07, 6.45) is 1.59. The molecule has 1 rings (SSSR count). The van der Waals surface area contributed by atoms with Crippen LogP contribution in [0.15, 0.2) is 30.3 Å². The van der Waals surface area contributed by atoms with Crippen molar-refractivity contribution in [3.05, 3.63) is 35.9 Å². The van der Waals surface area contributed by atoms with Gasteiger partial charge in [0, 0.05) is 0 Å². The average molecular weight is 452 g/mol. The van der Waals surface area contributed by atoms with Crippen molar-refractivity contribution in [2.24, 2.45) is 11.5 Å². The van der Waals surface area contributed by atoms with Crippen LogP contribution in [0.4, 0.5) is 0 Å². The summed E-state index contributed by atoms with van der Waals surface area (Å²) in [5.41, 5.74) is 12.1. The molecular weight excluding hydrogens is 418 g/mol. The molecule has 0 aliphatic carbocycles. The minimum atomic E-state index is -1.32. The monoisotopic (exact) mass is 451 g/mol. The van der Waals surface area contributed by atoms with Gasteiger partial charge in [0.1, 0.15) is 18.1 Å². The molecule has 178 valence electrons. The number of hydrogen-bond acceptors (Lipinski definition) is 7. The highest BCUT2D eigenvalue weighted by atomic mass is 16.4. The average Bonchev–Trinajstić information content (AvgIpc) is 2.76. The van der Waals surface area contributed by atoms with Gasteiger partial charge in [-0.25, -0.2) is 4.79 Å². The van der Waals surface area contributed by atoms with Crippen LogP contribution in [0.5, 0.6) is 0 Å². The van der Waals surface area contributed by atoms with Crippen molar-refractivity contribution in [1.82, 2.24) is 16.0 Å². The smallest absolute Gasteiger partial charge is 0.326 e. The minimum absolute atomic E-state index is 0.202. The third-order valence-corrected chi connectivity index (χ3v) is 4.76. The molecule has 0 spiro atoms. The third-order valence-electron chi connectivity index (χ3n) is 4.76. The molecule has 3 amide bonds. The summed E-state index contributed by atoms with van der Waals surface area (Å²) < 4.78 is 0. The van der Waals surface area contributed by atoms with Gasteiger partial charge in [-0.2, -0.15) is 0 Å². The van der Waals surface area contributed by atoms with Crippen molar-refractivity contribution >= 4 is 23.7 Å². The fraction of sp³-hybridized carbons (Fsp3) is 0.524. The molecule has 0 fully saturated rings. The van der Waals surface area contributed by atoms with Crippen molar-refractivity contribution in [2.75, 3.05) is 13.2 Å². The minimum Gasteiger partial charge on any atom is -0.480 e. The van der Waals surface area contributed by atoms with Crippen LogP contribution in [0.3, 0.4) is 0 Å². The van der Waals surface area contributed by atoms with Crippen molar-refractivity contribution in [3.8, 4) is 0 Å². The van der Waals surface area contributed by atoms with Gasteiger partial charge in [-0.15, -0.1) is 0 Å². The van der Waals surface area contributed by atoms with Crippen molar-refractivity contribution in [2.45, 2.75) is 56.8 Å². The van der Waals surface area contributed by atoms with E-state index in [9.17, 15) is 29.4 Å². The molecule has 0 aliphatic heterocycles. The second-order valence-corrected chi connectivity index (χ2v) is 7.45. The molecule has 4 atom stereocenters. The molecular formula is C21H33N5O6. The van der Waals surface area contributed by atoms with Crippen LogP contribution >= 0.6 is 0 Å². The van der Waals surface area contributed by atoms with E-state index in [2.05, 4.69) is 16.0 Å². The fourth-order valence-corrected chi connectivity index (χ4v) is 2.86. The van der Waals surface area contributed by atoms with Crippen molar-refractivity contribution < 1.29 is 29.4 Å². The van der Waals surface area contributed by atoms with Gasteiger partial charge in [-0.3, -0.25) is 14.4 Å². The molecule has 1 aromatic rings. The maximum Gasteiger partial charge on any atom is 0.326 e. The summed E-state index contributed by atoms with van der Waals surface area (Å²) >= 11 is 0. The highest BCUT2D eigenvalue weighted by Crippen LogP contribution is 2.03. The molecule has 1 aromatic carbocycles. The Hall–Kier alpha value is -3.02. The standard InChI is InChI=1S/C21H33N5O6/c1-13(18(28)25-16(21(31)32)9-5-6-10-22)24-20(30)17(12-27)26-19(29)15(23)11-14-7-3-2-4-8-14/h2-4,7-8,13,15-17,27H,5-6,9-12,22-23H2,1H3,(H,24,30)(H,25,28)(H,26,29)(H,31,32). The molecule has 9 N–H and O–H groups in total. The Kier molecular flexibility index (Phi) is 11.9. The second-order valence-electron chi connectivity index (χ2n) is 7.45. The summed E-state index contributed by atoms with van der Waals surface area (Å²) in [6.45, 7) is 1.07. The zero-order valence-electron chi connectivity index (χ0n) is 18.1. The number of carbonyl (C=O) groups is 4. The number of benzene rings is 1. The molecule has 0 heterocycles. The lowest BCUT2D eigenvalue weighted by Gasteiger charge is -2.22. The maximum absolute atomic E-state index is 12.4. The summed E-state index contributed by atoms with van der Waals surface area (Å²) in [4.78, 5) is 48.3. The van der Waals surface area contributed by atoms with Gasteiger partial charge in [0.15, 0.2) is 0 Å². The Morgan fingerprint density at radius 3 is 2.12 bits per heavy atom. The Balaban J connectivity index is 2.59. The Morgan fingerprint density at radius 2 is 1.56 bits per heavy atom. The fourth-order valence-electron chi connectivity index (χ4n) is 2.86. The van der Waals surface area contributed by atoms with Gasteiger partial charge in [0.25, 0.3) is 0 Å². The molecule has 0 saturated heterocycles. The number of carboxylic acid groups (broad SMARTS) is 1. The van der Waals surface area contributed by atoms with E-state index in [0.717, 1.165) is 5.56 Å². The first-order valence-corrected chi connectivity index (χ1v) is 10.4. The lowest BCUT2D eigenvalue weighted by molar-refractivity contribution is -0.142. The van der Waals surface area contributed by atoms with Gasteiger partial charge in [0.2, 0.25) is 17.7 Å². The molecule has 11 heteroatoms. The maximum atomic E-state index is 12.4. The van der Waals surface area contributed by atoms with Gasteiger partial charge >= 0.3 is 5.97 Å². The predicted molar refractivity (Wildman–Crippen MR) is 117 cm³/mol. The third kappa shape index (κ3) is 9.41. The largest absolute Gasteiger partial charge is 0.480 e. The van der Waals surface area contributed by atoms with Crippen LogP contribution in [-0.2, 0) is 25.6 Å². The number of nitrogens with one attached hydrogen (secondary N) is 3. The van der Waals surface area contributed by atoms with Crippen molar-refractivity contribution in [1.29, 1.82) is 0 Å². The highest BCUT2D eigenvalue weighted by molar-refractivity contribution is 5.94. The number of unbranched alkanes of at least 4 members (excludes halogenated alkanes) is 1. The zero-order chi connectivity index (χ0) is 24.1. The number of carboxylic acids is 1. The number of rotatable bonds is 14. The van der Waals surface area contributed by atoms with E-state index in [1.807, 2.05) is 30.3 Å². The lowest BCUT2D eigenvalue weighted by atomic mass is 10.1. The van der Waals surface area contributed by atoms with Crippen LogP contribution < -0.4 is 27.4 Å². The van der Waals surface area contributed by atoms with Gasteiger partial charge in [0.05, 0.1) is 12.6 Å². The summed E-state index contributed by atoms with van der Waals surface area (Å²) in [5.74, 6) is -3.33. The molecule has 4 unspecified atom stereocenters. The molecule has 11 nitrogen and oxygen atoms in total. The topological polar surface area (TPSA) is 197 Å². The number of aliphatic hydroxyl groups is 1. The van der Waals surface area contributed by atoms with Crippen LogP contribution in [-0.4, -0.2) is 71.2 Å². The predicted octanol–water partition coefficient (Wildman–Crippen LogP) is -1.76. The second kappa shape index (κ2) is 14.1. The Bertz CT molecular complexity index is 760. The number of amides is 3. The van der Waals surface area contributed by atoms with Crippen LogP contribution in [0.25, 0.3) is 0 Å². The SMILES string of the molecule is CC(NC(=O)C(CO)NC(=O)C(N)Cc1ccccc1)C(=O)NC(CCCCN)C(=O)O. The number of aliphatic hydroxyl groups excluding tert-OH is 1. The van der Waals surface area contributed by atoms with Crippen LogP contribution in [0.1, 0.15) is 31.7 Å². The van der Waals surface area contributed by atoms with Gasteiger partial charge in [-0.1, -0.05) is 30.3 Å². The number of aliphatic carboxylic acids is 1. The zero-order valence-corrected chi connectivity index (χ0v) is 18.1. The molecule has 0 aromatic heterocycles. The molecule has 0 bridgehead atoms. The Labute approximate surface area is 186 Å².